The summed E-state index contributed by atoms with van der Waals surface area (Å²) in [5, 5.41) is 8.09. The van der Waals surface area contributed by atoms with E-state index in [9.17, 15) is 0 Å². The standard InChI is InChI=1S/C20H19ClN4O/c1-10-15-16(11-6-8-12(21)9-7-11)17-18(22)13-4-2-3-5-14(13)23-19(17)26-20(15)25-24-10/h6-9,16H,2-5H2,1H3,(H2,22,23)(H,24,25). The molecule has 1 atom stereocenters. The molecule has 132 valence electrons. The fraction of sp³-hybridized carbons (Fsp3) is 0.300. The van der Waals surface area contributed by atoms with Crippen molar-refractivity contribution in [3.05, 3.63) is 62.9 Å². The molecule has 1 unspecified atom stereocenters. The number of nitrogens with two attached hydrogens (primary N) is 1. The molecular weight excluding hydrogens is 348 g/mol. The van der Waals surface area contributed by atoms with Crippen LogP contribution in [0.4, 0.5) is 5.69 Å². The molecule has 2 aliphatic rings. The second-order valence-corrected chi connectivity index (χ2v) is 7.47. The summed E-state index contributed by atoms with van der Waals surface area (Å²) < 4.78 is 6.06. The zero-order chi connectivity index (χ0) is 17.8. The zero-order valence-corrected chi connectivity index (χ0v) is 15.2. The van der Waals surface area contributed by atoms with E-state index in [0.717, 1.165) is 59.4 Å². The Kier molecular flexibility index (Phi) is 3.47. The molecular formula is C20H19ClN4O. The van der Waals surface area contributed by atoms with E-state index in [2.05, 4.69) is 10.2 Å². The van der Waals surface area contributed by atoms with Gasteiger partial charge in [0.05, 0.1) is 5.56 Å². The Labute approximate surface area is 156 Å². The molecule has 26 heavy (non-hydrogen) atoms. The number of nitrogen functional groups attached to an aromatic ring is 1. The Bertz CT molecular complexity index is 1010. The maximum atomic E-state index is 6.68. The highest BCUT2D eigenvalue weighted by Crippen LogP contribution is 2.50. The van der Waals surface area contributed by atoms with Crippen LogP contribution in [0.3, 0.4) is 0 Å². The Morgan fingerprint density at radius 2 is 1.88 bits per heavy atom. The van der Waals surface area contributed by atoms with Gasteiger partial charge in [0.1, 0.15) is 0 Å². The van der Waals surface area contributed by atoms with Gasteiger partial charge in [0.2, 0.25) is 11.8 Å². The van der Waals surface area contributed by atoms with Gasteiger partial charge in [0.15, 0.2) is 0 Å². The Balaban J connectivity index is 1.79. The quantitative estimate of drug-likeness (QED) is 0.519. The monoisotopic (exact) mass is 366 g/mol. The van der Waals surface area contributed by atoms with E-state index in [-0.39, 0.29) is 5.92 Å². The Hall–Kier alpha value is -2.53. The first kappa shape index (κ1) is 15.7. The number of aromatic nitrogens is 3. The van der Waals surface area contributed by atoms with Crippen LogP contribution in [-0.2, 0) is 12.8 Å². The van der Waals surface area contributed by atoms with Crippen molar-refractivity contribution in [1.82, 2.24) is 15.2 Å². The van der Waals surface area contributed by atoms with Crippen molar-refractivity contribution < 1.29 is 4.74 Å². The normalized spacial score (nSPS) is 17.8. The first-order valence-corrected chi connectivity index (χ1v) is 9.30. The third-order valence-corrected chi connectivity index (χ3v) is 5.71. The number of ether oxygens (including phenoxy) is 1. The van der Waals surface area contributed by atoms with Gasteiger partial charge in [-0.15, -0.1) is 5.10 Å². The van der Waals surface area contributed by atoms with Crippen molar-refractivity contribution in [1.29, 1.82) is 0 Å². The molecule has 1 aromatic carbocycles. The van der Waals surface area contributed by atoms with Gasteiger partial charge in [-0.3, -0.25) is 5.10 Å². The number of aryl methyl sites for hydroxylation is 2. The van der Waals surface area contributed by atoms with Crippen molar-refractivity contribution in [3.8, 4) is 11.8 Å². The molecule has 0 radical (unpaired) electrons. The van der Waals surface area contributed by atoms with Crippen molar-refractivity contribution in [3.63, 3.8) is 0 Å². The van der Waals surface area contributed by atoms with Gasteiger partial charge in [-0.05, 0) is 55.9 Å². The molecule has 1 aliphatic carbocycles. The molecule has 0 saturated heterocycles. The number of benzene rings is 1. The van der Waals surface area contributed by atoms with Crippen LogP contribution in [-0.4, -0.2) is 15.2 Å². The highest BCUT2D eigenvalue weighted by Gasteiger charge is 2.37. The summed E-state index contributed by atoms with van der Waals surface area (Å²) in [5.41, 5.74) is 13.8. The first-order chi connectivity index (χ1) is 12.6. The van der Waals surface area contributed by atoms with E-state index in [4.69, 9.17) is 27.1 Å². The maximum Gasteiger partial charge on any atom is 0.244 e. The van der Waals surface area contributed by atoms with Crippen LogP contribution in [0.5, 0.6) is 11.8 Å². The van der Waals surface area contributed by atoms with Crippen LogP contribution in [0.2, 0.25) is 5.02 Å². The molecule has 0 saturated carbocycles. The highest BCUT2D eigenvalue weighted by atomic mass is 35.5. The van der Waals surface area contributed by atoms with Gasteiger partial charge < -0.3 is 10.5 Å². The molecule has 0 fully saturated rings. The molecule has 2 aromatic heterocycles. The lowest BCUT2D eigenvalue weighted by atomic mass is 9.81. The summed E-state index contributed by atoms with van der Waals surface area (Å²) in [4.78, 5) is 4.83. The number of hydrogen-bond donors (Lipinski definition) is 2. The van der Waals surface area contributed by atoms with Crippen LogP contribution < -0.4 is 10.5 Å². The summed E-state index contributed by atoms with van der Waals surface area (Å²) in [6, 6.07) is 7.89. The third kappa shape index (κ3) is 2.23. The largest absolute Gasteiger partial charge is 0.418 e. The van der Waals surface area contributed by atoms with E-state index < -0.39 is 0 Å². The topological polar surface area (TPSA) is 76.8 Å². The number of halogens is 1. The summed E-state index contributed by atoms with van der Waals surface area (Å²) in [5.74, 6) is 1.10. The number of aromatic amines is 1. The minimum absolute atomic E-state index is 0.0653. The van der Waals surface area contributed by atoms with E-state index >= 15 is 0 Å². The van der Waals surface area contributed by atoms with E-state index in [1.807, 2.05) is 31.2 Å². The minimum Gasteiger partial charge on any atom is -0.418 e. The number of pyridine rings is 1. The van der Waals surface area contributed by atoms with Crippen LogP contribution in [0.1, 0.15) is 52.4 Å². The van der Waals surface area contributed by atoms with Crippen molar-refractivity contribution >= 4 is 17.3 Å². The summed E-state index contributed by atoms with van der Waals surface area (Å²) in [6.07, 6.45) is 4.23. The lowest BCUT2D eigenvalue weighted by Crippen LogP contribution is -2.19. The van der Waals surface area contributed by atoms with Crippen LogP contribution >= 0.6 is 11.6 Å². The number of nitrogens with one attached hydrogen (secondary N) is 1. The summed E-state index contributed by atoms with van der Waals surface area (Å²) >= 11 is 6.11. The van der Waals surface area contributed by atoms with Gasteiger partial charge in [-0.1, -0.05) is 23.7 Å². The second-order valence-electron chi connectivity index (χ2n) is 7.03. The molecule has 3 heterocycles. The summed E-state index contributed by atoms with van der Waals surface area (Å²) in [6.45, 7) is 2.01. The van der Waals surface area contributed by atoms with E-state index in [0.29, 0.717) is 16.8 Å². The average Bonchev–Trinajstić information content (AvgIpc) is 3.02. The molecule has 3 N–H and O–H groups in total. The number of anilines is 1. The number of rotatable bonds is 1. The third-order valence-electron chi connectivity index (χ3n) is 5.45. The van der Waals surface area contributed by atoms with Crippen LogP contribution in [0, 0.1) is 6.92 Å². The molecule has 3 aromatic rings. The molecule has 1 aliphatic heterocycles. The van der Waals surface area contributed by atoms with Crippen LogP contribution in [0.25, 0.3) is 0 Å². The van der Waals surface area contributed by atoms with Gasteiger partial charge in [-0.25, -0.2) is 4.98 Å². The minimum atomic E-state index is -0.0653. The van der Waals surface area contributed by atoms with Gasteiger partial charge in [0, 0.05) is 33.6 Å². The molecule has 5 rings (SSSR count). The number of nitrogens with zero attached hydrogens (tertiary/aromatic N) is 2. The lowest BCUT2D eigenvalue weighted by molar-refractivity contribution is 0.414. The molecule has 0 amide bonds. The van der Waals surface area contributed by atoms with Crippen molar-refractivity contribution in [2.75, 3.05) is 5.73 Å². The highest BCUT2D eigenvalue weighted by molar-refractivity contribution is 6.30. The number of H-pyrrole nitrogens is 1. The maximum absolute atomic E-state index is 6.68. The van der Waals surface area contributed by atoms with Crippen LogP contribution in [0.15, 0.2) is 24.3 Å². The SMILES string of the molecule is Cc1[nH]nc2c1C(c1ccc(Cl)cc1)c1c(nc3c(c1N)CCCC3)O2. The second kappa shape index (κ2) is 5.74. The Morgan fingerprint density at radius 3 is 2.69 bits per heavy atom. The van der Waals surface area contributed by atoms with E-state index in [1.165, 1.54) is 5.56 Å². The lowest BCUT2D eigenvalue weighted by Gasteiger charge is -2.29. The molecule has 5 nitrogen and oxygen atoms in total. The Morgan fingerprint density at radius 1 is 1.12 bits per heavy atom. The van der Waals surface area contributed by atoms with Gasteiger partial charge >= 0.3 is 0 Å². The zero-order valence-electron chi connectivity index (χ0n) is 14.5. The average molecular weight is 367 g/mol. The van der Waals surface area contributed by atoms with Gasteiger partial charge in [-0.2, -0.15) is 0 Å². The van der Waals surface area contributed by atoms with E-state index in [1.54, 1.807) is 0 Å². The van der Waals surface area contributed by atoms with Crippen molar-refractivity contribution in [2.45, 2.75) is 38.5 Å². The predicted octanol–water partition coefficient (Wildman–Crippen LogP) is 4.51. The molecule has 0 bridgehead atoms. The van der Waals surface area contributed by atoms with Crippen molar-refractivity contribution in [2.24, 2.45) is 0 Å². The fourth-order valence-corrected chi connectivity index (χ4v) is 4.30. The molecule has 0 spiro atoms. The number of hydrogen-bond acceptors (Lipinski definition) is 4. The summed E-state index contributed by atoms with van der Waals surface area (Å²) in [7, 11) is 0. The fourth-order valence-electron chi connectivity index (χ4n) is 4.18. The molecule has 6 heteroatoms. The smallest absolute Gasteiger partial charge is 0.244 e. The predicted molar refractivity (Wildman–Crippen MR) is 101 cm³/mol. The number of fused-ring (bicyclic) bond motifs is 3. The first-order valence-electron chi connectivity index (χ1n) is 8.92. The van der Waals surface area contributed by atoms with Gasteiger partial charge in [0.25, 0.3) is 0 Å².